The number of para-hydroxylation sites is 1. The second kappa shape index (κ2) is 5.49. The quantitative estimate of drug-likeness (QED) is 0.445. The molecule has 6 nitrogen and oxygen atoms in total. The van der Waals surface area contributed by atoms with Gasteiger partial charge in [-0.3, -0.25) is 5.43 Å². The summed E-state index contributed by atoms with van der Waals surface area (Å²) in [5.41, 5.74) is 8.42. The van der Waals surface area contributed by atoms with Gasteiger partial charge in [0.1, 0.15) is 10.0 Å². The van der Waals surface area contributed by atoms with Crippen molar-refractivity contribution in [2.75, 3.05) is 0 Å². The van der Waals surface area contributed by atoms with Crippen LogP contribution in [0.3, 0.4) is 0 Å². The van der Waals surface area contributed by atoms with Crippen molar-refractivity contribution in [2.24, 2.45) is 5.73 Å². The van der Waals surface area contributed by atoms with Gasteiger partial charge >= 0.3 is 0 Å². The van der Waals surface area contributed by atoms with Gasteiger partial charge in [-0.1, -0.05) is 23.7 Å². The minimum Gasteiger partial charge on any atom is -0.375 e. The summed E-state index contributed by atoms with van der Waals surface area (Å²) in [7, 11) is -3.86. The van der Waals surface area contributed by atoms with E-state index in [1.165, 1.54) is 6.07 Å². The molecule has 0 spiro atoms. The number of rotatable bonds is 3. The molecule has 20 heavy (non-hydrogen) atoms. The zero-order valence-electron chi connectivity index (χ0n) is 10.3. The summed E-state index contributed by atoms with van der Waals surface area (Å²) >= 11 is 10.5. The molecule has 0 aliphatic heterocycles. The standard InChI is InChI=1S/C11H11ClN4O2S2/c1-6-5-7-3-2-4-8(9(7)14-10(6)12)20(17,18)16-15-11(13)19/h2-5,16H,1H3,(H3,13,15,19). The maximum absolute atomic E-state index is 12.2. The van der Waals surface area contributed by atoms with E-state index >= 15 is 0 Å². The third-order valence-electron chi connectivity index (χ3n) is 2.54. The molecule has 0 atom stereocenters. The molecule has 1 aromatic heterocycles. The van der Waals surface area contributed by atoms with Crippen LogP contribution < -0.4 is 16.0 Å². The number of fused-ring (bicyclic) bond motifs is 1. The van der Waals surface area contributed by atoms with Crippen molar-refractivity contribution in [2.45, 2.75) is 11.8 Å². The molecule has 106 valence electrons. The molecule has 0 bridgehead atoms. The topological polar surface area (TPSA) is 97.1 Å². The first kappa shape index (κ1) is 14.9. The largest absolute Gasteiger partial charge is 0.375 e. The first-order valence-electron chi connectivity index (χ1n) is 5.44. The third kappa shape index (κ3) is 2.98. The maximum Gasteiger partial charge on any atom is 0.259 e. The molecule has 0 aliphatic carbocycles. The molecule has 0 amide bonds. The Morgan fingerprint density at radius 3 is 2.80 bits per heavy atom. The summed E-state index contributed by atoms with van der Waals surface area (Å²) in [5.74, 6) is 0. The van der Waals surface area contributed by atoms with Gasteiger partial charge < -0.3 is 5.73 Å². The lowest BCUT2D eigenvalue weighted by Crippen LogP contribution is -2.44. The lowest BCUT2D eigenvalue weighted by molar-refractivity contribution is 0.578. The summed E-state index contributed by atoms with van der Waals surface area (Å²) in [6.45, 7) is 1.79. The minimum atomic E-state index is -3.86. The van der Waals surface area contributed by atoms with Gasteiger partial charge in [0, 0.05) is 5.39 Å². The van der Waals surface area contributed by atoms with Crippen LogP contribution >= 0.6 is 23.8 Å². The fourth-order valence-electron chi connectivity index (χ4n) is 1.64. The Morgan fingerprint density at radius 2 is 2.15 bits per heavy atom. The van der Waals surface area contributed by atoms with Crippen LogP contribution in [0.5, 0.6) is 0 Å². The average Bonchev–Trinajstić information content (AvgIpc) is 2.37. The Morgan fingerprint density at radius 1 is 1.45 bits per heavy atom. The Labute approximate surface area is 126 Å². The van der Waals surface area contributed by atoms with Gasteiger partial charge in [0.15, 0.2) is 5.11 Å². The lowest BCUT2D eigenvalue weighted by Gasteiger charge is -2.10. The van der Waals surface area contributed by atoms with E-state index in [9.17, 15) is 8.42 Å². The van der Waals surface area contributed by atoms with Crippen LogP contribution in [0.1, 0.15) is 5.56 Å². The number of hydrogen-bond donors (Lipinski definition) is 3. The lowest BCUT2D eigenvalue weighted by atomic mass is 10.2. The number of halogens is 1. The van der Waals surface area contributed by atoms with Crippen LogP contribution in [0.2, 0.25) is 5.15 Å². The van der Waals surface area contributed by atoms with Gasteiger partial charge in [0.2, 0.25) is 0 Å². The van der Waals surface area contributed by atoms with Crippen LogP contribution in [0.25, 0.3) is 10.9 Å². The van der Waals surface area contributed by atoms with Crippen molar-refractivity contribution in [3.63, 3.8) is 0 Å². The zero-order chi connectivity index (χ0) is 14.9. The minimum absolute atomic E-state index is 0.0133. The summed E-state index contributed by atoms with van der Waals surface area (Å²) in [6.07, 6.45) is 0. The van der Waals surface area contributed by atoms with Gasteiger partial charge in [-0.05, 0) is 36.8 Å². The molecule has 2 rings (SSSR count). The number of nitrogens with zero attached hydrogens (tertiary/aromatic N) is 1. The highest BCUT2D eigenvalue weighted by Crippen LogP contribution is 2.25. The van der Waals surface area contributed by atoms with E-state index in [0.29, 0.717) is 5.39 Å². The SMILES string of the molecule is Cc1cc2cccc(S(=O)(=O)NNC(N)=S)c2nc1Cl. The number of nitrogens with one attached hydrogen (secondary N) is 2. The molecule has 1 heterocycles. The highest BCUT2D eigenvalue weighted by Gasteiger charge is 2.18. The van der Waals surface area contributed by atoms with Crippen molar-refractivity contribution >= 4 is 49.9 Å². The first-order valence-corrected chi connectivity index (χ1v) is 7.71. The number of aryl methyl sites for hydroxylation is 1. The third-order valence-corrected chi connectivity index (χ3v) is 4.30. The van der Waals surface area contributed by atoms with Crippen LogP contribution in [0.4, 0.5) is 0 Å². The molecular formula is C11H11ClN4O2S2. The van der Waals surface area contributed by atoms with Crippen molar-refractivity contribution < 1.29 is 8.42 Å². The van der Waals surface area contributed by atoms with Gasteiger partial charge in [0.05, 0.1) is 5.52 Å². The Balaban J connectivity index is 2.60. The molecule has 0 fully saturated rings. The normalized spacial score (nSPS) is 11.5. The first-order chi connectivity index (χ1) is 9.31. The fourth-order valence-corrected chi connectivity index (χ4v) is 2.93. The summed E-state index contributed by atoms with van der Waals surface area (Å²) in [4.78, 5) is 6.18. The van der Waals surface area contributed by atoms with E-state index in [4.69, 9.17) is 17.3 Å². The molecule has 0 saturated heterocycles. The van der Waals surface area contributed by atoms with E-state index in [1.54, 1.807) is 25.1 Å². The number of sulfonamides is 1. The number of aromatic nitrogens is 1. The van der Waals surface area contributed by atoms with Crippen LogP contribution in [0, 0.1) is 6.92 Å². The van der Waals surface area contributed by atoms with E-state index in [-0.39, 0.29) is 20.7 Å². The van der Waals surface area contributed by atoms with Gasteiger partial charge in [-0.15, -0.1) is 4.83 Å². The second-order valence-electron chi connectivity index (χ2n) is 4.02. The van der Waals surface area contributed by atoms with E-state index in [2.05, 4.69) is 27.5 Å². The van der Waals surface area contributed by atoms with Gasteiger partial charge in [-0.2, -0.15) is 0 Å². The zero-order valence-corrected chi connectivity index (χ0v) is 12.7. The number of hydrogen-bond acceptors (Lipinski definition) is 4. The highest BCUT2D eigenvalue weighted by atomic mass is 35.5. The van der Waals surface area contributed by atoms with Crippen LogP contribution in [-0.2, 0) is 10.0 Å². The number of thiocarbonyl (C=S) groups is 1. The van der Waals surface area contributed by atoms with Crippen molar-refractivity contribution in [3.05, 3.63) is 35.0 Å². The monoisotopic (exact) mass is 330 g/mol. The van der Waals surface area contributed by atoms with E-state index in [1.807, 2.05) is 0 Å². The molecule has 0 saturated carbocycles. The number of pyridine rings is 1. The molecule has 0 unspecified atom stereocenters. The van der Waals surface area contributed by atoms with Gasteiger partial charge in [-0.25, -0.2) is 13.4 Å². The second-order valence-corrected chi connectivity index (χ2v) is 6.47. The van der Waals surface area contributed by atoms with Crippen molar-refractivity contribution in [1.29, 1.82) is 0 Å². The number of nitrogens with two attached hydrogens (primary N) is 1. The molecular weight excluding hydrogens is 320 g/mol. The van der Waals surface area contributed by atoms with Crippen LogP contribution in [0.15, 0.2) is 29.2 Å². The summed E-state index contributed by atoms with van der Waals surface area (Å²) < 4.78 is 24.3. The Bertz CT molecular complexity index is 792. The molecule has 0 aliphatic rings. The molecule has 9 heteroatoms. The number of hydrazine groups is 1. The van der Waals surface area contributed by atoms with Gasteiger partial charge in [0.25, 0.3) is 10.0 Å². The predicted octanol–water partition coefficient (Wildman–Crippen LogP) is 1.22. The fraction of sp³-hybridized carbons (Fsp3) is 0.0909. The predicted molar refractivity (Wildman–Crippen MR) is 81.7 cm³/mol. The van der Waals surface area contributed by atoms with E-state index < -0.39 is 10.0 Å². The average molecular weight is 331 g/mol. The number of benzene rings is 1. The Hall–Kier alpha value is -1.48. The molecule has 1 aromatic carbocycles. The molecule has 0 radical (unpaired) electrons. The Kier molecular flexibility index (Phi) is 4.09. The summed E-state index contributed by atoms with van der Waals surface area (Å²) in [6, 6.07) is 6.56. The van der Waals surface area contributed by atoms with Crippen molar-refractivity contribution in [3.8, 4) is 0 Å². The smallest absolute Gasteiger partial charge is 0.259 e. The molecule has 4 N–H and O–H groups in total. The molecule has 2 aromatic rings. The highest BCUT2D eigenvalue weighted by molar-refractivity contribution is 7.89. The van der Waals surface area contributed by atoms with Crippen LogP contribution in [-0.4, -0.2) is 18.5 Å². The summed E-state index contributed by atoms with van der Waals surface area (Å²) in [5, 5.41) is 0.739. The van der Waals surface area contributed by atoms with E-state index in [0.717, 1.165) is 5.56 Å². The van der Waals surface area contributed by atoms with Crippen molar-refractivity contribution in [1.82, 2.24) is 15.2 Å². The maximum atomic E-state index is 12.2.